The number of urea groups is 1. The lowest BCUT2D eigenvalue weighted by Crippen LogP contribution is -2.43. The molecule has 112 valence electrons. The zero-order valence-electron chi connectivity index (χ0n) is 12.0. The summed E-state index contributed by atoms with van der Waals surface area (Å²) in [7, 11) is 0. The van der Waals surface area contributed by atoms with Gasteiger partial charge < -0.3 is 15.0 Å². The van der Waals surface area contributed by atoms with Gasteiger partial charge in [-0.25, -0.2) is 4.79 Å². The molecule has 0 radical (unpaired) electrons. The summed E-state index contributed by atoms with van der Waals surface area (Å²) in [5, 5.41) is 11.3. The first kappa shape index (κ1) is 16.5. The van der Waals surface area contributed by atoms with Crippen LogP contribution in [0.5, 0.6) is 0 Å². The van der Waals surface area contributed by atoms with Crippen LogP contribution in [0.4, 0.5) is 4.79 Å². The van der Waals surface area contributed by atoms with Crippen molar-refractivity contribution in [2.24, 2.45) is 0 Å². The Labute approximate surface area is 124 Å². The van der Waals surface area contributed by atoms with Gasteiger partial charge in [0.15, 0.2) is 0 Å². The SMILES string of the molecule is CCOC(=O)CN(CCC#N)C(=O)NCc1ccccc1. The van der Waals surface area contributed by atoms with Gasteiger partial charge in [-0.15, -0.1) is 0 Å². The summed E-state index contributed by atoms with van der Waals surface area (Å²) in [6.07, 6.45) is 0.165. The highest BCUT2D eigenvalue weighted by atomic mass is 16.5. The molecule has 0 unspecified atom stereocenters. The Balaban J connectivity index is 2.54. The van der Waals surface area contributed by atoms with Crippen LogP contribution in [0.3, 0.4) is 0 Å². The molecule has 0 bridgehead atoms. The number of nitrogens with one attached hydrogen (secondary N) is 1. The number of benzene rings is 1. The fraction of sp³-hybridized carbons (Fsp3) is 0.400. The highest BCUT2D eigenvalue weighted by molar-refractivity contribution is 5.80. The predicted molar refractivity (Wildman–Crippen MR) is 77.1 cm³/mol. The molecule has 2 amide bonds. The number of carbonyl (C=O) groups is 2. The minimum absolute atomic E-state index is 0.157. The normalized spacial score (nSPS) is 9.52. The smallest absolute Gasteiger partial charge is 0.325 e. The van der Waals surface area contributed by atoms with Crippen LogP contribution in [0.25, 0.3) is 0 Å². The molecule has 0 saturated carbocycles. The van der Waals surface area contributed by atoms with Crippen molar-refractivity contribution in [2.75, 3.05) is 19.7 Å². The van der Waals surface area contributed by atoms with E-state index in [1.54, 1.807) is 6.92 Å². The number of nitrogens with zero attached hydrogens (tertiary/aromatic N) is 2. The van der Waals surface area contributed by atoms with Crippen LogP contribution < -0.4 is 5.32 Å². The summed E-state index contributed by atoms with van der Waals surface area (Å²) < 4.78 is 4.82. The Hall–Kier alpha value is -2.55. The first-order valence-corrected chi connectivity index (χ1v) is 6.76. The summed E-state index contributed by atoms with van der Waals surface area (Å²) in [6.45, 7) is 2.36. The van der Waals surface area contributed by atoms with Gasteiger partial charge in [0.2, 0.25) is 0 Å². The summed E-state index contributed by atoms with van der Waals surface area (Å²) in [6, 6.07) is 11.0. The van der Waals surface area contributed by atoms with Gasteiger partial charge >= 0.3 is 12.0 Å². The average Bonchev–Trinajstić information content (AvgIpc) is 2.50. The number of rotatable bonds is 7. The van der Waals surface area contributed by atoms with Crippen LogP contribution in [0.2, 0.25) is 0 Å². The molecule has 0 heterocycles. The van der Waals surface area contributed by atoms with Crippen LogP contribution in [0.1, 0.15) is 18.9 Å². The molecule has 1 aromatic rings. The van der Waals surface area contributed by atoms with Gasteiger partial charge in [-0.1, -0.05) is 30.3 Å². The van der Waals surface area contributed by atoms with Crippen molar-refractivity contribution < 1.29 is 14.3 Å². The van der Waals surface area contributed by atoms with E-state index in [1.807, 2.05) is 36.4 Å². The van der Waals surface area contributed by atoms with Crippen LogP contribution in [0, 0.1) is 11.3 Å². The Morgan fingerprint density at radius 1 is 1.33 bits per heavy atom. The lowest BCUT2D eigenvalue weighted by Gasteiger charge is -2.21. The number of nitriles is 1. The van der Waals surface area contributed by atoms with E-state index in [9.17, 15) is 9.59 Å². The van der Waals surface area contributed by atoms with Crippen molar-refractivity contribution in [3.05, 3.63) is 35.9 Å². The molecule has 0 aliphatic heterocycles. The number of carbonyl (C=O) groups excluding carboxylic acids is 2. The summed E-state index contributed by atoms with van der Waals surface area (Å²) in [5.41, 5.74) is 0.960. The van der Waals surface area contributed by atoms with Gasteiger partial charge in [-0.3, -0.25) is 4.79 Å². The molecular formula is C15H19N3O3. The molecule has 0 atom stereocenters. The van der Waals surface area contributed by atoms with Crippen molar-refractivity contribution in [1.29, 1.82) is 5.26 Å². The number of esters is 1. The topological polar surface area (TPSA) is 82.4 Å². The molecule has 6 nitrogen and oxygen atoms in total. The summed E-state index contributed by atoms with van der Waals surface area (Å²) >= 11 is 0. The third-order valence-corrected chi connectivity index (χ3v) is 2.69. The van der Waals surface area contributed by atoms with Gasteiger partial charge in [-0.05, 0) is 12.5 Å². The first-order valence-electron chi connectivity index (χ1n) is 6.76. The molecule has 0 spiro atoms. The van der Waals surface area contributed by atoms with E-state index in [-0.39, 0.29) is 32.1 Å². The maximum Gasteiger partial charge on any atom is 0.325 e. The molecule has 1 aromatic carbocycles. The molecule has 21 heavy (non-hydrogen) atoms. The second-order valence-corrected chi connectivity index (χ2v) is 4.28. The third kappa shape index (κ3) is 6.43. The van der Waals surface area contributed by atoms with E-state index in [0.29, 0.717) is 6.54 Å². The maximum absolute atomic E-state index is 12.1. The van der Waals surface area contributed by atoms with Gasteiger partial charge in [0, 0.05) is 13.1 Å². The number of amides is 2. The van der Waals surface area contributed by atoms with E-state index >= 15 is 0 Å². The minimum Gasteiger partial charge on any atom is -0.465 e. The molecule has 0 aliphatic rings. The Bertz CT molecular complexity index is 497. The van der Waals surface area contributed by atoms with Crippen molar-refractivity contribution in [3.63, 3.8) is 0 Å². The molecule has 0 fully saturated rings. The van der Waals surface area contributed by atoms with Crippen molar-refractivity contribution in [1.82, 2.24) is 10.2 Å². The molecule has 0 aliphatic carbocycles. The highest BCUT2D eigenvalue weighted by Crippen LogP contribution is 1.99. The highest BCUT2D eigenvalue weighted by Gasteiger charge is 2.17. The monoisotopic (exact) mass is 289 g/mol. The minimum atomic E-state index is -0.481. The number of hydrogen-bond donors (Lipinski definition) is 1. The quantitative estimate of drug-likeness (QED) is 0.774. The van der Waals surface area contributed by atoms with E-state index in [4.69, 9.17) is 10.00 Å². The van der Waals surface area contributed by atoms with Gasteiger partial charge in [0.25, 0.3) is 0 Å². The first-order chi connectivity index (χ1) is 10.2. The zero-order chi connectivity index (χ0) is 15.5. The van der Waals surface area contributed by atoms with Gasteiger partial charge in [0.05, 0.1) is 19.1 Å². The number of hydrogen-bond acceptors (Lipinski definition) is 4. The second-order valence-electron chi connectivity index (χ2n) is 4.28. The van der Waals surface area contributed by atoms with Gasteiger partial charge in [0.1, 0.15) is 6.54 Å². The third-order valence-electron chi connectivity index (χ3n) is 2.69. The zero-order valence-corrected chi connectivity index (χ0v) is 12.0. The second kappa shape index (κ2) is 9.37. The van der Waals surface area contributed by atoms with E-state index in [2.05, 4.69) is 5.32 Å². The standard InChI is InChI=1S/C15H19N3O3/c1-2-21-14(19)12-18(10-6-9-16)15(20)17-11-13-7-4-3-5-8-13/h3-5,7-8H,2,6,10-12H2,1H3,(H,17,20). The fourth-order valence-electron chi connectivity index (χ4n) is 1.69. The molecular weight excluding hydrogens is 270 g/mol. The van der Waals surface area contributed by atoms with Crippen LogP contribution >= 0.6 is 0 Å². The Kier molecular flexibility index (Phi) is 7.36. The molecule has 1 rings (SSSR count). The Morgan fingerprint density at radius 3 is 2.67 bits per heavy atom. The van der Waals surface area contributed by atoms with E-state index < -0.39 is 5.97 Å². The average molecular weight is 289 g/mol. The molecule has 1 N–H and O–H groups in total. The van der Waals surface area contributed by atoms with Crippen molar-refractivity contribution in [2.45, 2.75) is 19.9 Å². The predicted octanol–water partition coefficient (Wildman–Crippen LogP) is 1.67. The van der Waals surface area contributed by atoms with E-state index in [1.165, 1.54) is 4.90 Å². The van der Waals surface area contributed by atoms with Crippen molar-refractivity contribution >= 4 is 12.0 Å². The molecule has 0 saturated heterocycles. The number of ether oxygens (including phenoxy) is 1. The van der Waals surface area contributed by atoms with Crippen LogP contribution in [-0.2, 0) is 16.1 Å². The maximum atomic E-state index is 12.1. The van der Waals surface area contributed by atoms with E-state index in [0.717, 1.165) is 5.56 Å². The molecule has 6 heteroatoms. The Morgan fingerprint density at radius 2 is 2.05 bits per heavy atom. The van der Waals surface area contributed by atoms with Crippen LogP contribution in [0.15, 0.2) is 30.3 Å². The fourth-order valence-corrected chi connectivity index (χ4v) is 1.69. The summed E-state index contributed by atoms with van der Waals surface area (Å²) in [5.74, 6) is -0.481. The largest absolute Gasteiger partial charge is 0.465 e. The van der Waals surface area contributed by atoms with Crippen molar-refractivity contribution in [3.8, 4) is 6.07 Å². The lowest BCUT2D eigenvalue weighted by atomic mass is 10.2. The van der Waals surface area contributed by atoms with Gasteiger partial charge in [-0.2, -0.15) is 5.26 Å². The van der Waals surface area contributed by atoms with Crippen LogP contribution in [-0.4, -0.2) is 36.6 Å². The lowest BCUT2D eigenvalue weighted by molar-refractivity contribution is -0.143. The summed E-state index contributed by atoms with van der Waals surface area (Å²) in [4.78, 5) is 24.8. The molecule has 0 aromatic heterocycles.